The average Bonchev–Trinajstić information content (AvgIpc) is 2.30. The van der Waals surface area contributed by atoms with E-state index in [1.165, 1.54) is 31.4 Å². The van der Waals surface area contributed by atoms with E-state index >= 15 is 0 Å². The molecule has 0 unspecified atom stereocenters. The fourth-order valence-electron chi connectivity index (χ4n) is 1.04. The normalized spacial score (nSPS) is 9.71. The van der Waals surface area contributed by atoms with Crippen molar-refractivity contribution in [3.8, 4) is 0 Å². The maximum Gasteiger partial charge on any atom is 0.411 e. The Morgan fingerprint density at radius 2 is 2.00 bits per heavy atom. The van der Waals surface area contributed by atoms with Gasteiger partial charge in [0.15, 0.2) is 0 Å². The standard InChI is InChI=1S/C10H12N2O5/c1-16-6-7-17-10(13)11-8-2-4-9(5-3-8)12(14)15/h2-5H,6-7H2,1H3,(H,11,13). The largest absolute Gasteiger partial charge is 0.447 e. The lowest BCUT2D eigenvalue weighted by atomic mass is 10.3. The first-order valence-electron chi connectivity index (χ1n) is 4.80. The number of non-ortho nitro benzene ring substituents is 1. The quantitative estimate of drug-likeness (QED) is 0.481. The van der Waals surface area contributed by atoms with Crippen molar-refractivity contribution in [2.24, 2.45) is 0 Å². The minimum atomic E-state index is -0.629. The fraction of sp³-hybridized carbons (Fsp3) is 0.300. The van der Waals surface area contributed by atoms with Crippen LogP contribution in [0.15, 0.2) is 24.3 Å². The molecule has 0 aliphatic heterocycles. The van der Waals surface area contributed by atoms with E-state index in [0.29, 0.717) is 12.3 Å². The molecule has 0 heterocycles. The predicted octanol–water partition coefficient (Wildman–Crippen LogP) is 1.79. The summed E-state index contributed by atoms with van der Waals surface area (Å²) >= 11 is 0. The van der Waals surface area contributed by atoms with Gasteiger partial charge in [-0.15, -0.1) is 0 Å². The molecule has 17 heavy (non-hydrogen) atoms. The van der Waals surface area contributed by atoms with Crippen LogP contribution in [0, 0.1) is 10.1 Å². The molecule has 1 N–H and O–H groups in total. The predicted molar refractivity (Wildman–Crippen MR) is 59.9 cm³/mol. The highest BCUT2D eigenvalue weighted by Gasteiger charge is 2.06. The van der Waals surface area contributed by atoms with Gasteiger partial charge in [0.1, 0.15) is 6.61 Å². The van der Waals surface area contributed by atoms with E-state index in [-0.39, 0.29) is 12.3 Å². The van der Waals surface area contributed by atoms with Crippen LogP contribution in [0.4, 0.5) is 16.2 Å². The van der Waals surface area contributed by atoms with E-state index in [1.54, 1.807) is 0 Å². The third-order valence-electron chi connectivity index (χ3n) is 1.85. The van der Waals surface area contributed by atoms with Crippen LogP contribution in [0.3, 0.4) is 0 Å². The van der Waals surface area contributed by atoms with Crippen molar-refractivity contribution in [1.29, 1.82) is 0 Å². The number of nitrogens with one attached hydrogen (secondary N) is 1. The summed E-state index contributed by atoms with van der Waals surface area (Å²) in [5, 5.41) is 12.8. The maximum atomic E-state index is 11.2. The van der Waals surface area contributed by atoms with E-state index in [0.717, 1.165) is 0 Å². The number of carbonyl (C=O) groups excluding carboxylic acids is 1. The molecule has 0 aromatic heterocycles. The number of amides is 1. The van der Waals surface area contributed by atoms with Gasteiger partial charge in [-0.05, 0) is 12.1 Å². The second kappa shape index (κ2) is 6.44. The molecule has 0 atom stereocenters. The third kappa shape index (κ3) is 4.47. The van der Waals surface area contributed by atoms with E-state index in [9.17, 15) is 14.9 Å². The van der Waals surface area contributed by atoms with E-state index in [1.807, 2.05) is 0 Å². The molecule has 0 fully saturated rings. The summed E-state index contributed by atoms with van der Waals surface area (Å²) in [5.41, 5.74) is 0.390. The van der Waals surface area contributed by atoms with E-state index in [4.69, 9.17) is 9.47 Å². The van der Waals surface area contributed by atoms with Gasteiger partial charge in [0.2, 0.25) is 0 Å². The number of nitro benzene ring substituents is 1. The van der Waals surface area contributed by atoms with Crippen molar-refractivity contribution < 1.29 is 19.2 Å². The van der Waals surface area contributed by atoms with Crippen LogP contribution in [-0.2, 0) is 9.47 Å². The molecule has 1 aromatic rings. The number of rotatable bonds is 5. The zero-order valence-corrected chi connectivity index (χ0v) is 9.21. The van der Waals surface area contributed by atoms with Crippen molar-refractivity contribution in [1.82, 2.24) is 0 Å². The van der Waals surface area contributed by atoms with Crippen LogP contribution in [-0.4, -0.2) is 31.3 Å². The Labute approximate surface area is 97.5 Å². The second-order valence-electron chi connectivity index (χ2n) is 3.06. The smallest absolute Gasteiger partial charge is 0.411 e. The number of benzene rings is 1. The van der Waals surface area contributed by atoms with Gasteiger partial charge in [-0.25, -0.2) is 4.79 Å². The molecular weight excluding hydrogens is 228 g/mol. The van der Waals surface area contributed by atoms with Crippen LogP contribution in [0.2, 0.25) is 0 Å². The maximum absolute atomic E-state index is 11.2. The SMILES string of the molecule is COCCOC(=O)Nc1ccc([N+](=O)[O-])cc1. The number of nitrogens with zero attached hydrogens (tertiary/aromatic N) is 1. The average molecular weight is 240 g/mol. The summed E-state index contributed by atoms with van der Waals surface area (Å²) in [6, 6.07) is 5.45. The number of carbonyl (C=O) groups is 1. The van der Waals surface area contributed by atoms with Crippen molar-refractivity contribution in [2.75, 3.05) is 25.6 Å². The summed E-state index contributed by atoms with van der Waals surface area (Å²) in [6.45, 7) is 0.461. The highest BCUT2D eigenvalue weighted by Crippen LogP contribution is 2.15. The molecule has 0 bridgehead atoms. The van der Waals surface area contributed by atoms with Gasteiger partial charge in [-0.1, -0.05) is 0 Å². The molecular formula is C10H12N2O5. The Hall–Kier alpha value is -2.15. The molecule has 0 aliphatic rings. The summed E-state index contributed by atoms with van der Waals surface area (Å²) in [4.78, 5) is 21.1. The van der Waals surface area contributed by atoms with Crippen LogP contribution in [0.25, 0.3) is 0 Å². The lowest BCUT2D eigenvalue weighted by Crippen LogP contribution is -2.16. The van der Waals surface area contributed by atoms with Gasteiger partial charge >= 0.3 is 6.09 Å². The summed E-state index contributed by atoms with van der Waals surface area (Å²) in [7, 11) is 1.50. The molecule has 0 spiro atoms. The third-order valence-corrected chi connectivity index (χ3v) is 1.85. The highest BCUT2D eigenvalue weighted by atomic mass is 16.6. The van der Waals surface area contributed by atoms with E-state index < -0.39 is 11.0 Å². The molecule has 0 radical (unpaired) electrons. The van der Waals surface area contributed by atoms with Crippen LogP contribution in [0.1, 0.15) is 0 Å². The molecule has 1 aromatic carbocycles. The first kappa shape index (κ1) is 12.9. The Balaban J connectivity index is 2.46. The summed E-state index contributed by atoms with van der Waals surface area (Å²) < 4.78 is 9.46. The molecule has 1 rings (SSSR count). The minimum Gasteiger partial charge on any atom is -0.447 e. The Morgan fingerprint density at radius 3 is 2.53 bits per heavy atom. The lowest BCUT2D eigenvalue weighted by molar-refractivity contribution is -0.384. The second-order valence-corrected chi connectivity index (χ2v) is 3.06. The van der Waals surface area contributed by atoms with Crippen LogP contribution < -0.4 is 5.32 Å². The van der Waals surface area contributed by atoms with E-state index in [2.05, 4.69) is 5.32 Å². The van der Waals surface area contributed by atoms with Gasteiger partial charge in [0.25, 0.3) is 5.69 Å². The molecule has 0 saturated carbocycles. The molecule has 0 saturated heterocycles. The molecule has 0 aliphatic carbocycles. The fourth-order valence-corrected chi connectivity index (χ4v) is 1.04. The van der Waals surface area contributed by atoms with Gasteiger partial charge in [0.05, 0.1) is 11.5 Å². The van der Waals surface area contributed by atoms with Crippen molar-refractivity contribution in [3.05, 3.63) is 34.4 Å². The number of anilines is 1. The molecule has 7 nitrogen and oxygen atoms in total. The number of hydrogen-bond acceptors (Lipinski definition) is 5. The Kier molecular flexibility index (Phi) is 4.89. The molecule has 7 heteroatoms. The highest BCUT2D eigenvalue weighted by molar-refractivity contribution is 5.84. The zero-order valence-electron chi connectivity index (χ0n) is 9.21. The number of hydrogen-bond donors (Lipinski definition) is 1. The summed E-state index contributed by atoms with van der Waals surface area (Å²) in [5.74, 6) is 0. The number of methoxy groups -OCH3 is 1. The van der Waals surface area contributed by atoms with Gasteiger partial charge < -0.3 is 9.47 Å². The summed E-state index contributed by atoms with van der Waals surface area (Å²) in [6.07, 6.45) is -0.629. The zero-order chi connectivity index (χ0) is 12.7. The van der Waals surface area contributed by atoms with Gasteiger partial charge in [-0.2, -0.15) is 0 Å². The topological polar surface area (TPSA) is 90.7 Å². The molecule has 1 amide bonds. The number of nitro groups is 1. The van der Waals surface area contributed by atoms with Gasteiger partial charge in [-0.3, -0.25) is 15.4 Å². The van der Waals surface area contributed by atoms with Crippen LogP contribution >= 0.6 is 0 Å². The van der Waals surface area contributed by atoms with Crippen molar-refractivity contribution in [3.63, 3.8) is 0 Å². The first-order valence-corrected chi connectivity index (χ1v) is 4.80. The minimum absolute atomic E-state index is 0.0386. The lowest BCUT2D eigenvalue weighted by Gasteiger charge is -2.05. The number of ether oxygens (including phenoxy) is 2. The Bertz CT molecular complexity index is 390. The molecule has 92 valence electrons. The van der Waals surface area contributed by atoms with Gasteiger partial charge in [0, 0.05) is 24.9 Å². The van der Waals surface area contributed by atoms with Crippen molar-refractivity contribution in [2.45, 2.75) is 0 Å². The van der Waals surface area contributed by atoms with Crippen LogP contribution in [0.5, 0.6) is 0 Å². The van der Waals surface area contributed by atoms with Crippen molar-refractivity contribution >= 4 is 17.5 Å². The monoisotopic (exact) mass is 240 g/mol. The Morgan fingerprint density at radius 1 is 1.35 bits per heavy atom. The first-order chi connectivity index (χ1) is 8.13.